The van der Waals surface area contributed by atoms with Crippen LogP contribution in [0.3, 0.4) is 0 Å². The van der Waals surface area contributed by atoms with Crippen LogP contribution in [0.25, 0.3) is 0 Å². The van der Waals surface area contributed by atoms with E-state index >= 15 is 0 Å². The van der Waals surface area contributed by atoms with Gasteiger partial charge in [0.25, 0.3) is 0 Å². The van der Waals surface area contributed by atoms with Crippen molar-refractivity contribution < 1.29 is 80.2 Å². The summed E-state index contributed by atoms with van der Waals surface area (Å²) in [5, 5.41) is 10.6. The molecule has 0 aromatic rings. The molecule has 0 aliphatic rings. The van der Waals surface area contributed by atoms with Crippen LogP contribution in [0.15, 0.2) is 0 Å². The Morgan fingerprint density at radius 3 is 0.792 bits per heavy atom. The maximum atomic E-state index is 13.1. The zero-order valence-corrected chi connectivity index (χ0v) is 64.5. The minimum Gasteiger partial charge on any atom is -0.462 e. The average molecular weight is 1410 g/mol. The summed E-state index contributed by atoms with van der Waals surface area (Å²) in [6.07, 6.45) is 56.6. The molecule has 3 unspecified atom stereocenters. The molecule has 17 nitrogen and oxygen atoms in total. The Bertz CT molecular complexity index is 1860. The first-order valence-corrected chi connectivity index (χ1v) is 43.0. The molecule has 0 radical (unpaired) electrons. The van der Waals surface area contributed by atoms with Crippen LogP contribution in [0.2, 0.25) is 0 Å². The van der Waals surface area contributed by atoms with E-state index in [9.17, 15) is 43.2 Å². The van der Waals surface area contributed by atoms with Crippen LogP contribution in [0.1, 0.15) is 401 Å². The van der Waals surface area contributed by atoms with Gasteiger partial charge in [-0.05, 0) is 37.5 Å². The van der Waals surface area contributed by atoms with Crippen molar-refractivity contribution in [3.63, 3.8) is 0 Å². The van der Waals surface area contributed by atoms with Gasteiger partial charge in [-0.3, -0.25) is 37.3 Å². The van der Waals surface area contributed by atoms with Crippen LogP contribution in [0.5, 0.6) is 0 Å². The van der Waals surface area contributed by atoms with E-state index in [0.29, 0.717) is 25.7 Å². The second-order valence-electron chi connectivity index (χ2n) is 28.5. The van der Waals surface area contributed by atoms with Gasteiger partial charge in [-0.15, -0.1) is 0 Å². The third-order valence-electron chi connectivity index (χ3n) is 18.3. The fourth-order valence-corrected chi connectivity index (χ4v) is 13.4. The van der Waals surface area contributed by atoms with Gasteiger partial charge in [-0.2, -0.15) is 0 Å². The maximum Gasteiger partial charge on any atom is 0.472 e. The van der Waals surface area contributed by atoms with Crippen molar-refractivity contribution in [2.45, 2.75) is 419 Å². The van der Waals surface area contributed by atoms with Crippen LogP contribution in [-0.4, -0.2) is 96.7 Å². The normalized spacial score (nSPS) is 14.3. The van der Waals surface area contributed by atoms with E-state index in [2.05, 4.69) is 41.5 Å². The molecule has 570 valence electrons. The molecule has 0 saturated carbocycles. The fourth-order valence-electron chi connectivity index (χ4n) is 11.8. The minimum absolute atomic E-state index is 0.108. The number of carbonyl (C=O) groups is 4. The topological polar surface area (TPSA) is 237 Å². The molecule has 0 bridgehead atoms. The zero-order chi connectivity index (χ0) is 70.7. The smallest absolute Gasteiger partial charge is 0.462 e. The van der Waals surface area contributed by atoms with E-state index in [1.165, 1.54) is 218 Å². The Morgan fingerprint density at radius 2 is 0.531 bits per heavy atom. The van der Waals surface area contributed by atoms with E-state index < -0.39 is 97.5 Å². The van der Waals surface area contributed by atoms with Crippen molar-refractivity contribution in [2.75, 3.05) is 39.6 Å². The molecule has 6 atom stereocenters. The molecule has 0 fully saturated rings. The van der Waals surface area contributed by atoms with Crippen LogP contribution in [0.4, 0.5) is 0 Å². The summed E-state index contributed by atoms with van der Waals surface area (Å²) in [7, 11) is -9.91. The highest BCUT2D eigenvalue weighted by Gasteiger charge is 2.30. The lowest BCUT2D eigenvalue weighted by molar-refractivity contribution is -0.161. The maximum absolute atomic E-state index is 13.1. The lowest BCUT2D eigenvalue weighted by Gasteiger charge is -2.21. The number of rotatable bonds is 76. The Balaban J connectivity index is 5.26. The highest BCUT2D eigenvalue weighted by atomic mass is 31.2. The van der Waals surface area contributed by atoms with E-state index in [-0.39, 0.29) is 25.7 Å². The lowest BCUT2D eigenvalue weighted by Crippen LogP contribution is -2.30. The third kappa shape index (κ3) is 69.2. The second kappa shape index (κ2) is 68.8. The number of ether oxygens (including phenoxy) is 4. The number of aliphatic hydroxyl groups is 1. The van der Waals surface area contributed by atoms with Crippen molar-refractivity contribution in [3.05, 3.63) is 0 Å². The molecule has 0 heterocycles. The van der Waals surface area contributed by atoms with Gasteiger partial charge in [0, 0.05) is 25.7 Å². The number of phosphoric ester groups is 2. The molecular formula is C77H150O17P2. The quantitative estimate of drug-likeness (QED) is 0.0222. The predicted octanol–water partition coefficient (Wildman–Crippen LogP) is 22.7. The Morgan fingerprint density at radius 1 is 0.302 bits per heavy atom. The van der Waals surface area contributed by atoms with E-state index in [1.807, 2.05) is 0 Å². The monoisotopic (exact) mass is 1410 g/mol. The molecule has 0 aromatic heterocycles. The van der Waals surface area contributed by atoms with Crippen LogP contribution < -0.4 is 0 Å². The highest BCUT2D eigenvalue weighted by molar-refractivity contribution is 7.47. The Kier molecular flexibility index (Phi) is 67.4. The molecule has 0 rings (SSSR count). The first kappa shape index (κ1) is 94.1. The van der Waals surface area contributed by atoms with Crippen LogP contribution in [0, 0.1) is 11.8 Å². The van der Waals surface area contributed by atoms with Gasteiger partial charge in [-0.1, -0.05) is 350 Å². The number of carbonyl (C=O) groups excluding carboxylic acids is 4. The number of aliphatic hydroxyl groups excluding tert-OH is 1. The van der Waals surface area contributed by atoms with Gasteiger partial charge >= 0.3 is 39.5 Å². The molecule has 0 spiro atoms. The van der Waals surface area contributed by atoms with Crippen molar-refractivity contribution in [1.82, 2.24) is 0 Å². The Labute approximate surface area is 588 Å². The first-order chi connectivity index (χ1) is 46.4. The lowest BCUT2D eigenvalue weighted by atomic mass is 9.99. The molecule has 96 heavy (non-hydrogen) atoms. The molecule has 0 aromatic carbocycles. The van der Waals surface area contributed by atoms with E-state index in [4.69, 9.17) is 37.0 Å². The molecule has 0 aliphatic heterocycles. The van der Waals surface area contributed by atoms with E-state index in [0.717, 1.165) is 102 Å². The summed E-state index contributed by atoms with van der Waals surface area (Å²) in [5.74, 6) is -0.506. The molecular weight excluding hydrogens is 1260 g/mol. The van der Waals surface area contributed by atoms with Gasteiger partial charge in [0.2, 0.25) is 0 Å². The van der Waals surface area contributed by atoms with Gasteiger partial charge < -0.3 is 33.8 Å². The zero-order valence-electron chi connectivity index (χ0n) is 62.7. The van der Waals surface area contributed by atoms with Gasteiger partial charge in [0.05, 0.1) is 26.4 Å². The molecule has 3 N–H and O–H groups in total. The summed E-state index contributed by atoms with van der Waals surface area (Å²) >= 11 is 0. The standard InChI is InChI=1S/C77H150O17P2/c1-7-10-12-14-16-18-20-24-29-37-43-49-55-61-76(81)93-72(65-87-74(79)59-53-47-41-35-28-21-19-17-15-13-11-8-2)67-91-95(83,84)89-63-71(78)64-90-96(85,86)92-68-73(66-88-75(80)60-54-48-42-36-32-31-34-40-46-52-58-70(6)9-3)94-77(82)62-56-50-44-38-30-26-23-22-25-27-33-39-45-51-57-69(4)5/h69-73,78H,7-68H2,1-6H3,(H,83,84)(H,85,86)/t70?,71-,72+,73+/m0/s1. The van der Waals surface area contributed by atoms with Crippen molar-refractivity contribution in [3.8, 4) is 0 Å². The summed E-state index contributed by atoms with van der Waals surface area (Å²) in [4.78, 5) is 72.9. The van der Waals surface area contributed by atoms with Gasteiger partial charge in [-0.25, -0.2) is 9.13 Å². The summed E-state index contributed by atoms with van der Waals surface area (Å²) < 4.78 is 68.6. The largest absolute Gasteiger partial charge is 0.472 e. The summed E-state index contributed by atoms with van der Waals surface area (Å²) in [6.45, 7) is 9.66. The number of phosphoric acid groups is 2. The van der Waals surface area contributed by atoms with E-state index in [1.54, 1.807) is 0 Å². The fraction of sp³-hybridized carbons (Fsp3) is 0.948. The number of hydrogen-bond donors (Lipinski definition) is 3. The summed E-state index contributed by atoms with van der Waals surface area (Å²) in [5.41, 5.74) is 0. The van der Waals surface area contributed by atoms with Crippen molar-refractivity contribution in [2.24, 2.45) is 11.8 Å². The van der Waals surface area contributed by atoms with Gasteiger partial charge in [0.15, 0.2) is 12.2 Å². The molecule has 0 amide bonds. The number of unbranched alkanes of at least 4 members (excludes halogenated alkanes) is 45. The SMILES string of the molecule is CCCCCCCCCCCCCCCC(=O)O[C@H](COC(=O)CCCCCCCCCCCCCC)COP(=O)(O)OC[C@H](O)COP(=O)(O)OC[C@@H](COC(=O)CCCCCCCCCCCCC(C)CC)OC(=O)CCCCCCCCCCCCCCCCC(C)C. The first-order valence-electron chi connectivity index (χ1n) is 40.0. The highest BCUT2D eigenvalue weighted by Crippen LogP contribution is 2.45. The third-order valence-corrected chi connectivity index (χ3v) is 20.2. The van der Waals surface area contributed by atoms with Crippen molar-refractivity contribution >= 4 is 39.5 Å². The van der Waals surface area contributed by atoms with Crippen molar-refractivity contribution in [1.29, 1.82) is 0 Å². The molecule has 19 heteroatoms. The number of hydrogen-bond acceptors (Lipinski definition) is 15. The Hall–Kier alpha value is -1.94. The minimum atomic E-state index is -4.96. The molecule has 0 saturated heterocycles. The second-order valence-corrected chi connectivity index (χ2v) is 31.4. The van der Waals surface area contributed by atoms with Crippen LogP contribution >= 0.6 is 15.6 Å². The average Bonchev–Trinajstić information content (AvgIpc) is 1.78. The predicted molar refractivity (Wildman–Crippen MR) is 391 cm³/mol. The number of esters is 4. The van der Waals surface area contributed by atoms with Gasteiger partial charge in [0.1, 0.15) is 19.3 Å². The van der Waals surface area contributed by atoms with Crippen LogP contribution in [-0.2, 0) is 65.4 Å². The summed E-state index contributed by atoms with van der Waals surface area (Å²) in [6, 6.07) is 0. The molecule has 0 aliphatic carbocycles.